The van der Waals surface area contributed by atoms with Gasteiger partial charge in [0.15, 0.2) is 5.78 Å². The highest BCUT2D eigenvalue weighted by molar-refractivity contribution is 6.11. The Hall–Kier alpha value is -2.11. The van der Waals surface area contributed by atoms with Crippen LogP contribution in [0.2, 0.25) is 0 Å². The largest absolute Gasteiger partial charge is 0.466 e. The zero-order valence-corrected chi connectivity index (χ0v) is 12.1. The quantitative estimate of drug-likeness (QED) is 0.487. The van der Waals surface area contributed by atoms with Gasteiger partial charge in [0, 0.05) is 12.5 Å². The van der Waals surface area contributed by atoms with Crippen LogP contribution in [0.3, 0.4) is 0 Å². The van der Waals surface area contributed by atoms with Crippen molar-refractivity contribution in [3.8, 4) is 0 Å². The van der Waals surface area contributed by atoms with Gasteiger partial charge in [0.1, 0.15) is 17.4 Å². The second-order valence-electron chi connectivity index (χ2n) is 5.23. The number of hydrogen-bond donors (Lipinski definition) is 0. The van der Waals surface area contributed by atoms with E-state index in [1.807, 2.05) is 0 Å². The lowest BCUT2D eigenvalue weighted by atomic mass is 9.77. The predicted octanol–water partition coefficient (Wildman–Crippen LogP) is 2.70. The minimum Gasteiger partial charge on any atom is -0.466 e. The zero-order valence-electron chi connectivity index (χ0n) is 12.1. The summed E-state index contributed by atoms with van der Waals surface area (Å²) in [7, 11) is 0. The second kappa shape index (κ2) is 6.77. The fourth-order valence-electron chi connectivity index (χ4n) is 2.63. The van der Waals surface area contributed by atoms with Gasteiger partial charge in [0.25, 0.3) is 0 Å². The third-order valence-electron chi connectivity index (χ3n) is 3.78. The molecule has 1 aliphatic carbocycles. The number of ether oxygens (including phenoxy) is 1. The SMILES string of the molecule is CCOC(=O)C1CCC(=O)C(C(=O)c2ccc(F)cc2F)C1. The van der Waals surface area contributed by atoms with Gasteiger partial charge in [0.2, 0.25) is 0 Å². The van der Waals surface area contributed by atoms with E-state index in [4.69, 9.17) is 4.74 Å². The summed E-state index contributed by atoms with van der Waals surface area (Å²) in [5.74, 6) is -4.92. The van der Waals surface area contributed by atoms with Gasteiger partial charge in [-0.2, -0.15) is 0 Å². The first-order valence-electron chi connectivity index (χ1n) is 7.12. The number of benzene rings is 1. The number of carbonyl (C=O) groups is 3. The molecule has 1 aliphatic rings. The molecule has 0 aromatic heterocycles. The molecule has 1 fully saturated rings. The first kappa shape index (κ1) is 16.3. The highest BCUT2D eigenvalue weighted by Gasteiger charge is 2.38. The molecular formula is C16H16F2O4. The van der Waals surface area contributed by atoms with E-state index >= 15 is 0 Å². The van der Waals surface area contributed by atoms with Gasteiger partial charge < -0.3 is 4.74 Å². The smallest absolute Gasteiger partial charge is 0.308 e. The summed E-state index contributed by atoms with van der Waals surface area (Å²) >= 11 is 0. The first-order valence-corrected chi connectivity index (χ1v) is 7.12. The lowest BCUT2D eigenvalue weighted by Crippen LogP contribution is -2.35. The lowest BCUT2D eigenvalue weighted by molar-refractivity contribution is -0.150. The molecule has 0 spiro atoms. The molecule has 1 aromatic rings. The van der Waals surface area contributed by atoms with Crippen LogP contribution >= 0.6 is 0 Å². The average Bonchev–Trinajstić information content (AvgIpc) is 2.47. The molecule has 118 valence electrons. The molecular weight excluding hydrogens is 294 g/mol. The van der Waals surface area contributed by atoms with Gasteiger partial charge >= 0.3 is 5.97 Å². The van der Waals surface area contributed by atoms with Crippen molar-refractivity contribution >= 4 is 17.5 Å². The van der Waals surface area contributed by atoms with Gasteiger partial charge in [-0.1, -0.05) is 0 Å². The molecule has 4 nitrogen and oxygen atoms in total. The Morgan fingerprint density at radius 1 is 1.32 bits per heavy atom. The Bertz CT molecular complexity index is 612. The maximum atomic E-state index is 13.7. The van der Waals surface area contributed by atoms with Crippen LogP contribution < -0.4 is 0 Å². The van der Waals surface area contributed by atoms with E-state index in [-0.39, 0.29) is 30.8 Å². The summed E-state index contributed by atoms with van der Waals surface area (Å²) < 4.78 is 31.5. The van der Waals surface area contributed by atoms with Crippen molar-refractivity contribution in [2.75, 3.05) is 6.61 Å². The van der Waals surface area contributed by atoms with Crippen molar-refractivity contribution in [3.63, 3.8) is 0 Å². The highest BCUT2D eigenvalue weighted by Crippen LogP contribution is 2.30. The number of Topliss-reactive ketones (excluding diaryl/α,β-unsaturated/α-hetero) is 2. The van der Waals surface area contributed by atoms with E-state index in [9.17, 15) is 23.2 Å². The molecule has 2 atom stereocenters. The molecule has 0 amide bonds. The third-order valence-corrected chi connectivity index (χ3v) is 3.78. The van der Waals surface area contributed by atoms with E-state index < -0.39 is 35.2 Å². The van der Waals surface area contributed by atoms with Gasteiger partial charge in [-0.3, -0.25) is 14.4 Å². The molecule has 0 N–H and O–H groups in total. The number of hydrogen-bond acceptors (Lipinski definition) is 4. The van der Waals surface area contributed by atoms with Crippen LogP contribution in [0, 0.1) is 23.5 Å². The molecule has 1 saturated carbocycles. The molecule has 2 unspecified atom stereocenters. The monoisotopic (exact) mass is 310 g/mol. The maximum absolute atomic E-state index is 13.7. The van der Waals surface area contributed by atoms with Gasteiger partial charge in [0.05, 0.1) is 24.0 Å². The van der Waals surface area contributed by atoms with Crippen molar-refractivity contribution in [3.05, 3.63) is 35.4 Å². The van der Waals surface area contributed by atoms with Crippen LogP contribution in [0.5, 0.6) is 0 Å². The molecule has 0 saturated heterocycles. The van der Waals surface area contributed by atoms with Crippen LogP contribution in [0.4, 0.5) is 8.78 Å². The fourth-order valence-corrected chi connectivity index (χ4v) is 2.63. The normalized spacial score (nSPS) is 21.5. The number of halogens is 2. The predicted molar refractivity (Wildman–Crippen MR) is 73.2 cm³/mol. The zero-order chi connectivity index (χ0) is 16.3. The van der Waals surface area contributed by atoms with Crippen molar-refractivity contribution in [2.45, 2.75) is 26.2 Å². The van der Waals surface area contributed by atoms with Crippen molar-refractivity contribution in [1.82, 2.24) is 0 Å². The second-order valence-corrected chi connectivity index (χ2v) is 5.23. The van der Waals surface area contributed by atoms with E-state index in [1.165, 1.54) is 0 Å². The molecule has 0 aliphatic heterocycles. The van der Waals surface area contributed by atoms with Crippen LogP contribution in [0.25, 0.3) is 0 Å². The molecule has 0 radical (unpaired) electrons. The third kappa shape index (κ3) is 3.37. The highest BCUT2D eigenvalue weighted by atomic mass is 19.1. The van der Waals surface area contributed by atoms with E-state index in [0.717, 1.165) is 12.1 Å². The van der Waals surface area contributed by atoms with Gasteiger partial charge in [-0.25, -0.2) is 8.78 Å². The number of ketones is 2. The van der Waals surface area contributed by atoms with Crippen molar-refractivity contribution < 1.29 is 27.9 Å². The van der Waals surface area contributed by atoms with Crippen LogP contribution in [0.15, 0.2) is 18.2 Å². The summed E-state index contributed by atoms with van der Waals surface area (Å²) in [4.78, 5) is 36.0. The first-order chi connectivity index (χ1) is 10.4. The Morgan fingerprint density at radius 2 is 2.05 bits per heavy atom. The summed E-state index contributed by atoms with van der Waals surface area (Å²) in [6, 6.07) is 2.59. The molecule has 6 heteroatoms. The number of carbonyl (C=O) groups excluding carboxylic acids is 3. The molecule has 0 bridgehead atoms. The summed E-state index contributed by atoms with van der Waals surface area (Å²) in [5.41, 5.74) is -0.329. The van der Waals surface area contributed by atoms with E-state index in [1.54, 1.807) is 6.92 Å². The Morgan fingerprint density at radius 3 is 2.68 bits per heavy atom. The maximum Gasteiger partial charge on any atom is 0.308 e. The topological polar surface area (TPSA) is 60.4 Å². The van der Waals surface area contributed by atoms with Gasteiger partial charge in [-0.15, -0.1) is 0 Å². The Labute approximate surface area is 126 Å². The number of rotatable bonds is 4. The minimum atomic E-state index is -1.08. The molecule has 2 rings (SSSR count). The number of esters is 1. The van der Waals surface area contributed by atoms with Crippen LogP contribution in [-0.4, -0.2) is 24.1 Å². The van der Waals surface area contributed by atoms with Gasteiger partial charge in [-0.05, 0) is 31.9 Å². The standard InChI is InChI=1S/C16H16F2O4/c1-2-22-16(21)9-3-6-14(19)12(7-9)15(20)11-5-4-10(17)8-13(11)18/h4-5,8-9,12H,2-3,6-7H2,1H3. The van der Waals surface area contributed by atoms with Crippen molar-refractivity contribution in [2.24, 2.45) is 11.8 Å². The van der Waals surface area contributed by atoms with Crippen LogP contribution in [-0.2, 0) is 14.3 Å². The van der Waals surface area contributed by atoms with Crippen molar-refractivity contribution in [1.29, 1.82) is 0 Å². The summed E-state index contributed by atoms with van der Waals surface area (Å²) in [6.07, 6.45) is 0.406. The molecule has 1 aromatic carbocycles. The Balaban J connectivity index is 2.19. The fraction of sp³-hybridized carbons (Fsp3) is 0.438. The lowest BCUT2D eigenvalue weighted by Gasteiger charge is -2.25. The van der Waals surface area contributed by atoms with Crippen LogP contribution in [0.1, 0.15) is 36.5 Å². The molecule has 22 heavy (non-hydrogen) atoms. The summed E-state index contributed by atoms with van der Waals surface area (Å²) in [6.45, 7) is 1.89. The average molecular weight is 310 g/mol. The van der Waals surface area contributed by atoms with E-state index in [0.29, 0.717) is 12.5 Å². The molecule has 0 heterocycles. The van der Waals surface area contributed by atoms with E-state index in [2.05, 4.69) is 0 Å². The summed E-state index contributed by atoms with van der Waals surface area (Å²) in [5, 5.41) is 0. The Kier molecular flexibility index (Phi) is 5.00. The minimum absolute atomic E-state index is 0.00726.